The van der Waals surface area contributed by atoms with Crippen LogP contribution in [-0.4, -0.2) is 19.6 Å². The van der Waals surface area contributed by atoms with E-state index >= 15 is 0 Å². The summed E-state index contributed by atoms with van der Waals surface area (Å²) < 4.78 is 101. The summed E-state index contributed by atoms with van der Waals surface area (Å²) in [7, 11) is 0. The second-order valence-corrected chi connectivity index (χ2v) is 16.8. The van der Waals surface area contributed by atoms with Gasteiger partial charge in [0.2, 0.25) is 0 Å². The molecule has 0 radical (unpaired) electrons. The summed E-state index contributed by atoms with van der Waals surface area (Å²) in [4.78, 5) is 10.3. The van der Waals surface area contributed by atoms with Gasteiger partial charge in [-0.25, -0.2) is 4.98 Å². The SMILES string of the molecule is [2H]C([2H])([2H])c1ccc(-n2c(-c3cc(C(C)C)cc(C(C)C)c3O)nc3c(-c4cc(-c5ccccc5)cc(-c5cc(-c6ccc(C(C([2H])([2H])[2H])(C([2H])([2H])[2H])C([2H])([2H])[2H])cc6)ccn5)c4)cccc32)c(-c2ccccc2)c1. The van der Waals surface area contributed by atoms with Gasteiger partial charge >= 0.3 is 0 Å². The van der Waals surface area contributed by atoms with Crippen molar-refractivity contribution in [2.75, 3.05) is 0 Å². The quantitative estimate of drug-likeness (QED) is 0.158. The van der Waals surface area contributed by atoms with Crippen LogP contribution in [0, 0.1) is 6.85 Å². The van der Waals surface area contributed by atoms with Crippen LogP contribution in [0.1, 0.15) is 98.8 Å². The normalized spacial score (nSPS) is 15.5. The van der Waals surface area contributed by atoms with Crippen molar-refractivity contribution in [2.24, 2.45) is 0 Å². The first-order valence-electron chi connectivity index (χ1n) is 27.2. The molecule has 0 spiro atoms. The predicted octanol–water partition coefficient (Wildman–Crippen LogP) is 16.0. The zero-order valence-corrected chi connectivity index (χ0v) is 35.6. The Balaban J connectivity index is 1.28. The first-order chi connectivity index (χ1) is 35.3. The number of aromatic hydroxyl groups is 1. The summed E-state index contributed by atoms with van der Waals surface area (Å²) in [5.41, 5.74) is 8.41. The largest absolute Gasteiger partial charge is 0.507 e. The van der Waals surface area contributed by atoms with E-state index in [1.165, 1.54) is 24.3 Å². The van der Waals surface area contributed by atoms with Gasteiger partial charge in [-0.15, -0.1) is 0 Å². The van der Waals surface area contributed by atoms with E-state index in [1.54, 1.807) is 24.4 Å². The summed E-state index contributed by atoms with van der Waals surface area (Å²) in [6, 6.07) is 50.1. The van der Waals surface area contributed by atoms with Crippen molar-refractivity contribution in [1.82, 2.24) is 14.5 Å². The van der Waals surface area contributed by atoms with E-state index in [2.05, 4.69) is 19.9 Å². The Labute approximate surface area is 389 Å². The van der Waals surface area contributed by atoms with Crippen LogP contribution >= 0.6 is 0 Å². The average Bonchev–Trinajstić information content (AvgIpc) is 3.75. The van der Waals surface area contributed by atoms with Crippen molar-refractivity contribution < 1.29 is 21.6 Å². The lowest BCUT2D eigenvalue weighted by molar-refractivity contribution is 0.466. The minimum Gasteiger partial charge on any atom is -0.507 e. The lowest BCUT2D eigenvalue weighted by Gasteiger charge is -2.19. The number of phenols is 1. The van der Waals surface area contributed by atoms with Gasteiger partial charge in [0.25, 0.3) is 0 Å². The Morgan fingerprint density at radius 2 is 1.25 bits per heavy atom. The van der Waals surface area contributed by atoms with Gasteiger partial charge in [-0.1, -0.05) is 163 Å². The molecule has 1 N–H and O–H groups in total. The molecule has 0 saturated carbocycles. The molecule has 0 saturated heterocycles. The fourth-order valence-electron chi connectivity index (χ4n) is 8.37. The molecule has 2 heterocycles. The molecule has 0 fully saturated rings. The van der Waals surface area contributed by atoms with E-state index in [4.69, 9.17) is 26.4 Å². The van der Waals surface area contributed by atoms with E-state index in [0.29, 0.717) is 50.5 Å². The van der Waals surface area contributed by atoms with Gasteiger partial charge in [-0.05, 0) is 129 Å². The van der Waals surface area contributed by atoms with E-state index in [9.17, 15) is 5.11 Å². The molecule has 63 heavy (non-hydrogen) atoms. The van der Waals surface area contributed by atoms with Crippen LogP contribution in [0.5, 0.6) is 5.75 Å². The van der Waals surface area contributed by atoms with Gasteiger partial charge in [0.15, 0.2) is 0 Å². The third-order valence-electron chi connectivity index (χ3n) is 11.8. The maximum absolute atomic E-state index is 12.3. The molecule has 0 aliphatic heterocycles. The molecule has 0 unspecified atom stereocenters. The van der Waals surface area contributed by atoms with Crippen LogP contribution in [0.2, 0.25) is 0 Å². The second kappa shape index (κ2) is 16.7. The number of benzene rings is 7. The number of hydrogen-bond donors (Lipinski definition) is 1. The molecule has 7 aromatic carbocycles. The molecule has 0 atom stereocenters. The lowest BCUT2D eigenvalue weighted by Crippen LogP contribution is -2.10. The number of fused-ring (bicyclic) bond motifs is 1. The Hall–Kier alpha value is -7.04. The summed E-state index contributed by atoms with van der Waals surface area (Å²) in [5, 5.41) is 12.3. The zero-order chi connectivity index (χ0) is 54.0. The molecule has 312 valence electrons. The van der Waals surface area contributed by atoms with Crippen molar-refractivity contribution in [2.45, 2.75) is 72.4 Å². The van der Waals surface area contributed by atoms with Crippen LogP contribution in [0.25, 0.3) is 83.9 Å². The van der Waals surface area contributed by atoms with Gasteiger partial charge < -0.3 is 5.11 Å². The maximum Gasteiger partial charge on any atom is 0.149 e. The highest BCUT2D eigenvalue weighted by molar-refractivity contribution is 5.98. The van der Waals surface area contributed by atoms with Gasteiger partial charge in [0.05, 0.1) is 28.0 Å². The van der Waals surface area contributed by atoms with Gasteiger partial charge in [-0.3, -0.25) is 9.55 Å². The van der Waals surface area contributed by atoms with Crippen molar-refractivity contribution in [1.29, 1.82) is 0 Å². The standard InChI is InChI=1S/C59H55N3O/c1-37(2)44-34-50(38(3)4)57(63)52(35-44)58-61-56-49(20-15-21-55(56)62(58)54-27-22-39(5)30-51(54)42-18-13-10-14-19-42)46-31-45(40-16-11-9-12-17-40)32-47(33-46)53-36-43(28-29-60-53)41-23-25-48(26-24-41)59(6,7)8/h9-38,63H,1-8H3/i5D3,6D3,7D3,8D3. The van der Waals surface area contributed by atoms with E-state index in [0.717, 1.165) is 44.5 Å². The van der Waals surface area contributed by atoms with Crippen LogP contribution in [0.4, 0.5) is 0 Å². The smallest absolute Gasteiger partial charge is 0.149 e. The summed E-state index contributed by atoms with van der Waals surface area (Å²) in [5.74, 6) is 0.659. The lowest BCUT2D eigenvalue weighted by atomic mass is 9.86. The summed E-state index contributed by atoms with van der Waals surface area (Å²) in [6.07, 6.45) is 1.64. The Morgan fingerprint density at radius 1 is 0.556 bits per heavy atom. The van der Waals surface area contributed by atoms with Gasteiger partial charge in [0.1, 0.15) is 11.6 Å². The van der Waals surface area contributed by atoms with E-state index in [1.807, 2.05) is 134 Å². The third kappa shape index (κ3) is 8.10. The first kappa shape index (κ1) is 29.3. The highest BCUT2D eigenvalue weighted by atomic mass is 16.3. The van der Waals surface area contributed by atoms with E-state index in [-0.39, 0.29) is 28.7 Å². The second-order valence-electron chi connectivity index (χ2n) is 16.8. The number of para-hydroxylation sites is 1. The van der Waals surface area contributed by atoms with Gasteiger partial charge in [0, 0.05) is 39.3 Å². The summed E-state index contributed by atoms with van der Waals surface area (Å²) >= 11 is 0. The molecular weight excluding hydrogens is 767 g/mol. The number of pyridine rings is 1. The molecule has 4 nitrogen and oxygen atoms in total. The van der Waals surface area contributed by atoms with Crippen molar-refractivity contribution in [3.05, 3.63) is 192 Å². The number of imidazole rings is 1. The van der Waals surface area contributed by atoms with Gasteiger partial charge in [-0.2, -0.15) is 0 Å². The molecule has 4 heteroatoms. The number of rotatable bonds is 9. The minimum absolute atomic E-state index is 0.0244. The van der Waals surface area contributed by atoms with Crippen LogP contribution < -0.4 is 0 Å². The van der Waals surface area contributed by atoms with Crippen molar-refractivity contribution >= 4 is 11.0 Å². The Bertz CT molecular complexity index is 3520. The zero-order valence-electron chi connectivity index (χ0n) is 47.6. The first-order valence-corrected chi connectivity index (χ1v) is 21.2. The highest BCUT2D eigenvalue weighted by Gasteiger charge is 2.25. The average molecular weight is 834 g/mol. The minimum atomic E-state index is -3.39. The Kier molecular flexibility index (Phi) is 7.75. The van der Waals surface area contributed by atoms with Crippen LogP contribution in [0.3, 0.4) is 0 Å². The molecule has 2 aromatic heterocycles. The molecule has 0 aliphatic rings. The molecular formula is C59H55N3O. The summed E-state index contributed by atoms with van der Waals surface area (Å²) in [6.45, 7) is -4.26. The number of aromatic nitrogens is 3. The number of aryl methyl sites for hydroxylation is 1. The Morgan fingerprint density at radius 3 is 1.95 bits per heavy atom. The number of phenolic OH excluding ortho intramolecular Hbond substituents is 1. The number of hydrogen-bond acceptors (Lipinski definition) is 3. The fraction of sp³-hybridized carbons (Fsp3) is 0.186. The highest BCUT2D eigenvalue weighted by Crippen LogP contribution is 2.44. The maximum atomic E-state index is 12.3. The molecule has 0 amide bonds. The topological polar surface area (TPSA) is 50.9 Å². The monoisotopic (exact) mass is 834 g/mol. The van der Waals surface area contributed by atoms with Crippen LogP contribution in [-0.2, 0) is 5.41 Å². The third-order valence-corrected chi connectivity index (χ3v) is 11.8. The number of nitrogens with zero attached hydrogens (tertiary/aromatic N) is 3. The fourth-order valence-corrected chi connectivity index (χ4v) is 8.37. The van der Waals surface area contributed by atoms with Crippen molar-refractivity contribution in [3.63, 3.8) is 0 Å². The van der Waals surface area contributed by atoms with Crippen LogP contribution in [0.15, 0.2) is 170 Å². The van der Waals surface area contributed by atoms with Crippen molar-refractivity contribution in [3.8, 4) is 78.6 Å². The molecule has 0 bridgehead atoms. The molecule has 9 rings (SSSR count). The molecule has 0 aliphatic carbocycles. The molecule has 9 aromatic rings. The van der Waals surface area contributed by atoms with E-state index < -0.39 is 32.8 Å². The predicted molar refractivity (Wildman–Crippen MR) is 265 cm³/mol.